The second kappa shape index (κ2) is 6.20. The van der Waals surface area contributed by atoms with E-state index in [1.165, 1.54) is 24.3 Å². The summed E-state index contributed by atoms with van der Waals surface area (Å²) < 4.78 is 29.0. The normalized spacial score (nSPS) is 18.9. The highest BCUT2D eigenvalue weighted by atomic mass is 19.1. The van der Waals surface area contributed by atoms with Gasteiger partial charge in [0.25, 0.3) is 0 Å². The molecule has 1 N–H and O–H groups in total. The van der Waals surface area contributed by atoms with Crippen molar-refractivity contribution < 1.29 is 8.78 Å². The summed E-state index contributed by atoms with van der Waals surface area (Å²) in [7, 11) is 0. The maximum atomic E-state index is 13.5. The molecule has 0 bridgehead atoms. The van der Waals surface area contributed by atoms with Gasteiger partial charge in [0.1, 0.15) is 11.6 Å². The van der Waals surface area contributed by atoms with Gasteiger partial charge in [-0.05, 0) is 53.9 Å². The van der Waals surface area contributed by atoms with Crippen LogP contribution in [0.15, 0.2) is 72.8 Å². The minimum absolute atomic E-state index is 0.00398. The highest BCUT2D eigenvalue weighted by molar-refractivity contribution is 5.79. The quantitative estimate of drug-likeness (QED) is 0.514. The SMILES string of the molecule is Fc1ccc([C@@H]2C[C@H](c3ccc(F)cc3)n3c(nc4ccccc43)N2)cc1. The van der Waals surface area contributed by atoms with Crippen LogP contribution in [0.2, 0.25) is 0 Å². The number of rotatable bonds is 2. The van der Waals surface area contributed by atoms with Crippen LogP contribution in [-0.2, 0) is 0 Å². The zero-order valence-corrected chi connectivity index (χ0v) is 14.4. The maximum absolute atomic E-state index is 13.5. The molecule has 5 heteroatoms. The molecule has 1 aliphatic heterocycles. The maximum Gasteiger partial charge on any atom is 0.204 e. The van der Waals surface area contributed by atoms with Crippen molar-refractivity contribution in [2.75, 3.05) is 5.32 Å². The summed E-state index contributed by atoms with van der Waals surface area (Å²) in [6.45, 7) is 0. The van der Waals surface area contributed by atoms with Crippen LogP contribution in [0, 0.1) is 11.6 Å². The minimum Gasteiger partial charge on any atom is -0.349 e. The van der Waals surface area contributed by atoms with E-state index in [-0.39, 0.29) is 23.7 Å². The molecule has 134 valence electrons. The van der Waals surface area contributed by atoms with Gasteiger partial charge in [0.05, 0.1) is 23.1 Å². The molecular weight excluding hydrogens is 344 g/mol. The van der Waals surface area contributed by atoms with Crippen LogP contribution in [-0.4, -0.2) is 9.55 Å². The lowest BCUT2D eigenvalue weighted by atomic mass is 9.93. The van der Waals surface area contributed by atoms with E-state index in [1.807, 2.05) is 36.4 Å². The average molecular weight is 361 g/mol. The van der Waals surface area contributed by atoms with E-state index in [2.05, 4.69) is 9.88 Å². The van der Waals surface area contributed by atoms with Crippen LogP contribution in [0.4, 0.5) is 14.7 Å². The van der Waals surface area contributed by atoms with E-state index in [9.17, 15) is 8.78 Å². The number of hydrogen-bond acceptors (Lipinski definition) is 2. The van der Waals surface area contributed by atoms with Gasteiger partial charge < -0.3 is 9.88 Å². The topological polar surface area (TPSA) is 29.9 Å². The van der Waals surface area contributed by atoms with Gasteiger partial charge in [-0.2, -0.15) is 0 Å². The first-order chi connectivity index (χ1) is 13.2. The molecule has 0 radical (unpaired) electrons. The number of hydrogen-bond donors (Lipinski definition) is 1. The number of fused-ring (bicyclic) bond motifs is 3. The number of nitrogens with zero attached hydrogens (tertiary/aromatic N) is 2. The van der Waals surface area contributed by atoms with Crippen molar-refractivity contribution in [3.63, 3.8) is 0 Å². The van der Waals surface area contributed by atoms with Gasteiger partial charge in [-0.25, -0.2) is 13.8 Å². The first kappa shape index (κ1) is 16.0. The average Bonchev–Trinajstić information content (AvgIpc) is 3.07. The number of anilines is 1. The number of aromatic nitrogens is 2. The predicted octanol–water partition coefficient (Wildman–Crippen LogP) is 5.46. The Hall–Kier alpha value is -3.21. The second-order valence-corrected chi connectivity index (χ2v) is 6.85. The number of para-hydroxylation sites is 2. The van der Waals surface area contributed by atoms with Crippen LogP contribution in [0.25, 0.3) is 11.0 Å². The van der Waals surface area contributed by atoms with Gasteiger partial charge in [0.15, 0.2) is 0 Å². The second-order valence-electron chi connectivity index (χ2n) is 6.85. The Bertz CT molecular complexity index is 1100. The Morgan fingerprint density at radius 2 is 1.44 bits per heavy atom. The molecule has 2 heterocycles. The molecule has 3 nitrogen and oxygen atoms in total. The molecule has 1 aliphatic rings. The summed E-state index contributed by atoms with van der Waals surface area (Å²) >= 11 is 0. The molecule has 0 saturated carbocycles. The van der Waals surface area contributed by atoms with Crippen LogP contribution < -0.4 is 5.32 Å². The van der Waals surface area contributed by atoms with E-state index in [4.69, 9.17) is 4.98 Å². The fourth-order valence-electron chi connectivity index (χ4n) is 3.89. The molecule has 5 rings (SSSR count). The van der Waals surface area contributed by atoms with Crippen LogP contribution in [0.3, 0.4) is 0 Å². The fourth-order valence-corrected chi connectivity index (χ4v) is 3.89. The minimum atomic E-state index is -0.253. The molecule has 27 heavy (non-hydrogen) atoms. The van der Waals surface area contributed by atoms with Crippen molar-refractivity contribution in [3.05, 3.63) is 95.6 Å². The van der Waals surface area contributed by atoms with Crippen molar-refractivity contribution in [2.24, 2.45) is 0 Å². The third-order valence-electron chi connectivity index (χ3n) is 5.20. The molecule has 4 aromatic rings. The van der Waals surface area contributed by atoms with Crippen molar-refractivity contribution in [1.29, 1.82) is 0 Å². The molecular formula is C22H17F2N3. The van der Waals surface area contributed by atoms with Gasteiger partial charge in [0.2, 0.25) is 5.95 Å². The van der Waals surface area contributed by atoms with Crippen molar-refractivity contribution in [2.45, 2.75) is 18.5 Å². The molecule has 0 fully saturated rings. The summed E-state index contributed by atoms with van der Waals surface area (Å²) in [6.07, 6.45) is 0.755. The number of benzene rings is 3. The summed E-state index contributed by atoms with van der Waals surface area (Å²) in [5.41, 5.74) is 3.97. The van der Waals surface area contributed by atoms with Gasteiger partial charge in [-0.1, -0.05) is 36.4 Å². The van der Waals surface area contributed by atoms with E-state index in [1.54, 1.807) is 12.1 Å². The lowest BCUT2D eigenvalue weighted by Crippen LogP contribution is -2.27. The van der Waals surface area contributed by atoms with E-state index < -0.39 is 0 Å². The lowest BCUT2D eigenvalue weighted by Gasteiger charge is -2.33. The molecule has 1 aromatic heterocycles. The standard InChI is InChI=1S/C22H17F2N3/c23-16-9-5-14(6-10-16)19-13-21(15-7-11-17(24)12-8-15)27-20-4-2-1-3-18(20)25-22(27)26-19/h1-12,19,21H,13H2,(H,25,26)/t19-,21+/m0/s1. The first-order valence-corrected chi connectivity index (χ1v) is 8.93. The van der Waals surface area contributed by atoms with Gasteiger partial charge in [-0.15, -0.1) is 0 Å². The van der Waals surface area contributed by atoms with Crippen LogP contribution >= 0.6 is 0 Å². The molecule has 3 aromatic carbocycles. The smallest absolute Gasteiger partial charge is 0.204 e. The lowest BCUT2D eigenvalue weighted by molar-refractivity contribution is 0.476. The molecule has 0 amide bonds. The van der Waals surface area contributed by atoms with Crippen LogP contribution in [0.5, 0.6) is 0 Å². The Labute approximate surface area is 155 Å². The Balaban J connectivity index is 1.65. The van der Waals surface area contributed by atoms with Gasteiger partial charge in [-0.3, -0.25) is 0 Å². The summed E-state index contributed by atoms with van der Waals surface area (Å²) in [5, 5.41) is 3.49. The van der Waals surface area contributed by atoms with E-state index in [0.717, 1.165) is 34.5 Å². The Kier molecular flexibility index (Phi) is 3.67. The summed E-state index contributed by atoms with van der Waals surface area (Å²) in [6, 6.07) is 21.1. The third-order valence-corrected chi connectivity index (χ3v) is 5.20. The zero-order valence-electron chi connectivity index (χ0n) is 14.4. The highest BCUT2D eigenvalue weighted by Gasteiger charge is 2.30. The van der Waals surface area contributed by atoms with Crippen molar-refractivity contribution in [1.82, 2.24) is 9.55 Å². The van der Waals surface area contributed by atoms with Gasteiger partial charge in [0, 0.05) is 0 Å². The van der Waals surface area contributed by atoms with E-state index in [0.29, 0.717) is 0 Å². The monoisotopic (exact) mass is 361 g/mol. The van der Waals surface area contributed by atoms with Crippen LogP contribution in [0.1, 0.15) is 29.6 Å². The first-order valence-electron chi connectivity index (χ1n) is 8.93. The Morgan fingerprint density at radius 3 is 2.15 bits per heavy atom. The Morgan fingerprint density at radius 1 is 0.815 bits per heavy atom. The molecule has 0 saturated heterocycles. The molecule has 0 unspecified atom stereocenters. The fraction of sp³-hybridized carbons (Fsp3) is 0.136. The van der Waals surface area contributed by atoms with Crippen molar-refractivity contribution >= 4 is 17.0 Å². The number of halogens is 2. The predicted molar refractivity (Wildman–Crippen MR) is 102 cm³/mol. The summed E-state index contributed by atoms with van der Waals surface area (Å²) in [4.78, 5) is 4.74. The highest BCUT2D eigenvalue weighted by Crippen LogP contribution is 2.41. The molecule has 0 aliphatic carbocycles. The number of nitrogens with one attached hydrogen (secondary N) is 1. The van der Waals surface area contributed by atoms with Gasteiger partial charge >= 0.3 is 0 Å². The molecule has 0 spiro atoms. The largest absolute Gasteiger partial charge is 0.349 e. The third kappa shape index (κ3) is 2.76. The van der Waals surface area contributed by atoms with Crippen molar-refractivity contribution in [3.8, 4) is 0 Å². The van der Waals surface area contributed by atoms with E-state index >= 15 is 0 Å². The summed E-state index contributed by atoms with van der Waals surface area (Å²) in [5.74, 6) is 0.265. The zero-order chi connectivity index (χ0) is 18.4. The number of imidazole rings is 1. The molecule has 2 atom stereocenters.